The molecular formula is C12H20N2OS. The van der Waals surface area contributed by atoms with Gasteiger partial charge in [0.25, 0.3) is 0 Å². The molecule has 0 saturated heterocycles. The lowest BCUT2D eigenvalue weighted by atomic mass is 10.1. The molecule has 1 rings (SSSR count). The fourth-order valence-corrected chi connectivity index (χ4v) is 2.50. The summed E-state index contributed by atoms with van der Waals surface area (Å²) < 4.78 is 0. The highest BCUT2D eigenvalue weighted by Gasteiger charge is 2.06. The fraction of sp³-hybridized carbons (Fsp3) is 0.667. The monoisotopic (exact) mass is 240 g/mol. The average Bonchev–Trinajstić information content (AvgIpc) is 2.44. The van der Waals surface area contributed by atoms with E-state index in [-0.39, 0.29) is 5.91 Å². The Morgan fingerprint density at radius 1 is 1.44 bits per heavy atom. The van der Waals surface area contributed by atoms with Crippen molar-refractivity contribution in [3.63, 3.8) is 0 Å². The Hall–Kier alpha value is -0.900. The zero-order valence-electron chi connectivity index (χ0n) is 10.5. The van der Waals surface area contributed by atoms with E-state index in [9.17, 15) is 4.79 Å². The van der Waals surface area contributed by atoms with Crippen molar-refractivity contribution in [3.05, 3.63) is 15.6 Å². The van der Waals surface area contributed by atoms with Gasteiger partial charge in [0.1, 0.15) is 0 Å². The van der Waals surface area contributed by atoms with Crippen molar-refractivity contribution >= 4 is 17.2 Å². The number of amides is 1. The van der Waals surface area contributed by atoms with Gasteiger partial charge in [-0.05, 0) is 19.8 Å². The van der Waals surface area contributed by atoms with Crippen LogP contribution in [-0.4, -0.2) is 17.4 Å². The molecule has 0 aromatic carbocycles. The molecule has 90 valence electrons. The van der Waals surface area contributed by atoms with Gasteiger partial charge in [-0.1, -0.05) is 13.8 Å². The van der Waals surface area contributed by atoms with E-state index >= 15 is 0 Å². The van der Waals surface area contributed by atoms with Gasteiger partial charge in [-0.2, -0.15) is 0 Å². The largest absolute Gasteiger partial charge is 0.356 e. The van der Waals surface area contributed by atoms with Crippen LogP contribution >= 0.6 is 11.3 Å². The Morgan fingerprint density at radius 2 is 2.12 bits per heavy atom. The lowest BCUT2D eigenvalue weighted by Gasteiger charge is -2.06. The molecule has 0 radical (unpaired) electrons. The van der Waals surface area contributed by atoms with Gasteiger partial charge in [0.15, 0.2) is 0 Å². The van der Waals surface area contributed by atoms with Crippen molar-refractivity contribution in [1.29, 1.82) is 0 Å². The van der Waals surface area contributed by atoms with Crippen LogP contribution in [0.3, 0.4) is 0 Å². The van der Waals surface area contributed by atoms with Crippen LogP contribution in [0, 0.1) is 19.8 Å². The summed E-state index contributed by atoms with van der Waals surface area (Å²) in [5.74, 6) is 0.571. The normalized spacial score (nSPS) is 10.8. The maximum Gasteiger partial charge on any atom is 0.220 e. The predicted molar refractivity (Wildman–Crippen MR) is 67.8 cm³/mol. The summed E-state index contributed by atoms with van der Waals surface area (Å²) >= 11 is 1.72. The van der Waals surface area contributed by atoms with Gasteiger partial charge in [-0.15, -0.1) is 11.3 Å². The number of nitrogens with zero attached hydrogens (tertiary/aromatic N) is 1. The minimum absolute atomic E-state index is 0.147. The summed E-state index contributed by atoms with van der Waals surface area (Å²) in [6.07, 6.45) is 1.50. The van der Waals surface area contributed by atoms with E-state index in [1.807, 2.05) is 13.8 Å². The maximum absolute atomic E-state index is 11.4. The van der Waals surface area contributed by atoms with Gasteiger partial charge in [-0.3, -0.25) is 4.79 Å². The van der Waals surface area contributed by atoms with Crippen LogP contribution in [0.5, 0.6) is 0 Å². The number of nitrogens with one attached hydrogen (secondary N) is 1. The van der Waals surface area contributed by atoms with Crippen molar-refractivity contribution < 1.29 is 4.79 Å². The van der Waals surface area contributed by atoms with Crippen molar-refractivity contribution in [1.82, 2.24) is 10.3 Å². The third kappa shape index (κ3) is 4.31. The molecule has 0 aliphatic carbocycles. The second-order valence-electron chi connectivity index (χ2n) is 4.44. The summed E-state index contributed by atoms with van der Waals surface area (Å²) in [6.45, 7) is 8.86. The lowest BCUT2D eigenvalue weighted by Crippen LogP contribution is -2.26. The smallest absolute Gasteiger partial charge is 0.220 e. The van der Waals surface area contributed by atoms with Crippen molar-refractivity contribution in [2.24, 2.45) is 5.92 Å². The van der Waals surface area contributed by atoms with Crippen molar-refractivity contribution in [2.75, 3.05) is 6.54 Å². The zero-order valence-corrected chi connectivity index (χ0v) is 11.3. The molecule has 0 aliphatic heterocycles. The Balaban J connectivity index is 2.30. The molecular weight excluding hydrogens is 220 g/mol. The molecule has 1 N–H and O–H groups in total. The van der Waals surface area contributed by atoms with E-state index in [1.165, 1.54) is 4.88 Å². The molecule has 3 nitrogen and oxygen atoms in total. The van der Waals surface area contributed by atoms with E-state index in [1.54, 1.807) is 11.3 Å². The highest BCUT2D eigenvalue weighted by Crippen LogP contribution is 2.17. The average molecular weight is 240 g/mol. The molecule has 0 unspecified atom stereocenters. The number of hydrogen-bond donors (Lipinski definition) is 1. The summed E-state index contributed by atoms with van der Waals surface area (Å²) in [7, 11) is 0. The SMILES string of the molecule is Cc1nc(C)c(CCNC(=O)CC(C)C)s1. The van der Waals surface area contributed by atoms with Crippen LogP contribution in [0.1, 0.15) is 35.8 Å². The van der Waals surface area contributed by atoms with Gasteiger partial charge in [0.2, 0.25) is 5.91 Å². The van der Waals surface area contributed by atoms with Crippen LogP contribution in [0.4, 0.5) is 0 Å². The number of hydrogen-bond acceptors (Lipinski definition) is 3. The first-order chi connectivity index (χ1) is 7.49. The second-order valence-corrected chi connectivity index (χ2v) is 5.73. The van der Waals surface area contributed by atoms with Gasteiger partial charge < -0.3 is 5.32 Å². The summed E-state index contributed by atoms with van der Waals surface area (Å²) in [5, 5.41) is 4.04. The number of carbonyl (C=O) groups excluding carboxylic acids is 1. The number of carbonyl (C=O) groups is 1. The van der Waals surface area contributed by atoms with Crippen molar-refractivity contribution in [3.8, 4) is 0 Å². The van der Waals surface area contributed by atoms with Crippen molar-refractivity contribution in [2.45, 2.75) is 40.5 Å². The first kappa shape index (κ1) is 13.2. The van der Waals surface area contributed by atoms with E-state index in [0.717, 1.165) is 17.1 Å². The fourth-order valence-electron chi connectivity index (χ4n) is 1.56. The summed E-state index contributed by atoms with van der Waals surface area (Å²) in [4.78, 5) is 17.1. The molecule has 0 atom stereocenters. The van der Waals surface area contributed by atoms with E-state index in [0.29, 0.717) is 18.9 Å². The van der Waals surface area contributed by atoms with Crippen LogP contribution in [0.25, 0.3) is 0 Å². The topological polar surface area (TPSA) is 42.0 Å². The zero-order chi connectivity index (χ0) is 12.1. The minimum Gasteiger partial charge on any atom is -0.356 e. The number of thiazole rings is 1. The molecule has 1 aromatic rings. The van der Waals surface area contributed by atoms with Gasteiger partial charge in [-0.25, -0.2) is 4.98 Å². The summed E-state index contributed by atoms with van der Waals surface area (Å²) in [5.41, 5.74) is 1.10. The molecule has 0 bridgehead atoms. The van der Waals surface area contributed by atoms with Crippen LogP contribution in [0.2, 0.25) is 0 Å². The number of aryl methyl sites for hydroxylation is 2. The molecule has 1 heterocycles. The Kier molecular flexibility index (Phi) is 4.93. The molecule has 1 amide bonds. The van der Waals surface area contributed by atoms with E-state index in [2.05, 4.69) is 24.1 Å². The van der Waals surface area contributed by atoms with Gasteiger partial charge in [0, 0.05) is 24.3 Å². The Labute approximate surface area is 101 Å². The highest BCUT2D eigenvalue weighted by molar-refractivity contribution is 7.11. The molecule has 0 fully saturated rings. The number of aromatic nitrogens is 1. The standard InChI is InChI=1S/C12H20N2OS/c1-8(2)7-12(15)13-6-5-11-9(3)14-10(4)16-11/h8H,5-7H2,1-4H3,(H,13,15). The first-order valence-electron chi connectivity index (χ1n) is 5.68. The van der Waals surface area contributed by atoms with Gasteiger partial charge >= 0.3 is 0 Å². The third-order valence-corrected chi connectivity index (χ3v) is 3.40. The molecule has 0 spiro atoms. The quantitative estimate of drug-likeness (QED) is 0.859. The first-order valence-corrected chi connectivity index (χ1v) is 6.50. The molecule has 4 heteroatoms. The highest BCUT2D eigenvalue weighted by atomic mass is 32.1. The van der Waals surface area contributed by atoms with E-state index in [4.69, 9.17) is 0 Å². The van der Waals surface area contributed by atoms with Gasteiger partial charge in [0.05, 0.1) is 10.7 Å². The Morgan fingerprint density at radius 3 is 2.62 bits per heavy atom. The van der Waals surface area contributed by atoms with Crippen LogP contribution in [-0.2, 0) is 11.2 Å². The third-order valence-electron chi connectivity index (χ3n) is 2.27. The predicted octanol–water partition coefficient (Wildman–Crippen LogP) is 2.46. The lowest BCUT2D eigenvalue weighted by molar-refractivity contribution is -0.121. The molecule has 16 heavy (non-hydrogen) atoms. The number of rotatable bonds is 5. The van der Waals surface area contributed by atoms with Crippen LogP contribution in [0.15, 0.2) is 0 Å². The minimum atomic E-state index is 0.147. The molecule has 0 saturated carbocycles. The molecule has 1 aromatic heterocycles. The van der Waals surface area contributed by atoms with E-state index < -0.39 is 0 Å². The summed E-state index contributed by atoms with van der Waals surface area (Å²) in [6, 6.07) is 0. The maximum atomic E-state index is 11.4. The van der Waals surface area contributed by atoms with Crippen LogP contribution < -0.4 is 5.32 Å². The second kappa shape index (κ2) is 5.99. The Bertz CT molecular complexity index is 358. The molecule has 0 aliphatic rings.